The summed E-state index contributed by atoms with van der Waals surface area (Å²) in [6, 6.07) is 6.61. The number of rotatable bonds is 2. The van der Waals surface area contributed by atoms with E-state index in [0.29, 0.717) is 12.0 Å². The van der Waals surface area contributed by atoms with E-state index in [0.717, 1.165) is 36.5 Å². The second-order valence-electron chi connectivity index (χ2n) is 5.22. The van der Waals surface area contributed by atoms with Gasteiger partial charge in [-0.3, -0.25) is 4.90 Å². The lowest BCUT2D eigenvalue weighted by molar-refractivity contribution is 0.313. The van der Waals surface area contributed by atoms with Crippen molar-refractivity contribution in [3.05, 3.63) is 29.7 Å². The average Bonchev–Trinajstić information content (AvgIpc) is 2.90. The largest absolute Gasteiger partial charge is 0.441 e. The van der Waals surface area contributed by atoms with Gasteiger partial charge in [-0.2, -0.15) is 0 Å². The molecule has 4 nitrogen and oxygen atoms in total. The Bertz CT molecular complexity index is 563. The molecule has 1 aliphatic rings. The van der Waals surface area contributed by atoms with Gasteiger partial charge in [-0.1, -0.05) is 12.1 Å². The molecular formula is C14H19N3O. The maximum absolute atomic E-state index is 5.79. The maximum atomic E-state index is 5.79. The van der Waals surface area contributed by atoms with Crippen molar-refractivity contribution in [2.45, 2.75) is 19.4 Å². The first-order valence-corrected chi connectivity index (χ1v) is 6.45. The van der Waals surface area contributed by atoms with Crippen molar-refractivity contribution in [1.82, 2.24) is 9.88 Å². The Labute approximate surface area is 107 Å². The highest BCUT2D eigenvalue weighted by Crippen LogP contribution is 2.37. The van der Waals surface area contributed by atoms with Crippen LogP contribution < -0.4 is 5.73 Å². The molecule has 2 heterocycles. The summed E-state index contributed by atoms with van der Waals surface area (Å²) >= 11 is 0. The predicted octanol–water partition coefficient (Wildman–Crippen LogP) is 2.09. The Kier molecular flexibility index (Phi) is 2.84. The second-order valence-corrected chi connectivity index (χ2v) is 5.22. The van der Waals surface area contributed by atoms with Gasteiger partial charge in [0.25, 0.3) is 0 Å². The summed E-state index contributed by atoms with van der Waals surface area (Å²) in [6.07, 6.45) is 1.10. The van der Waals surface area contributed by atoms with Crippen molar-refractivity contribution in [1.29, 1.82) is 0 Å². The number of likely N-dealkylation sites (tertiary alicyclic amines) is 1. The summed E-state index contributed by atoms with van der Waals surface area (Å²) in [5, 5.41) is 0. The van der Waals surface area contributed by atoms with Crippen LogP contribution in [0.4, 0.5) is 0 Å². The molecular weight excluding hydrogens is 226 g/mol. The van der Waals surface area contributed by atoms with E-state index < -0.39 is 0 Å². The first-order valence-electron chi connectivity index (χ1n) is 6.45. The summed E-state index contributed by atoms with van der Waals surface area (Å²) in [7, 11) is 2.16. The van der Waals surface area contributed by atoms with E-state index >= 15 is 0 Å². The number of hydrogen-bond donors (Lipinski definition) is 1. The molecule has 1 fully saturated rings. The molecule has 2 aromatic rings. The number of aryl methyl sites for hydroxylation is 1. The Morgan fingerprint density at radius 1 is 1.50 bits per heavy atom. The molecule has 2 unspecified atom stereocenters. The molecule has 0 bridgehead atoms. The van der Waals surface area contributed by atoms with E-state index in [2.05, 4.69) is 29.1 Å². The van der Waals surface area contributed by atoms with Crippen molar-refractivity contribution >= 4 is 11.1 Å². The topological polar surface area (TPSA) is 55.3 Å². The highest BCUT2D eigenvalue weighted by atomic mass is 16.3. The molecule has 96 valence electrons. The lowest BCUT2D eigenvalue weighted by Crippen LogP contribution is -2.20. The van der Waals surface area contributed by atoms with Gasteiger partial charge < -0.3 is 10.2 Å². The van der Waals surface area contributed by atoms with E-state index in [1.54, 1.807) is 0 Å². The summed E-state index contributed by atoms with van der Waals surface area (Å²) in [6.45, 7) is 3.71. The van der Waals surface area contributed by atoms with Crippen molar-refractivity contribution in [3.63, 3.8) is 0 Å². The molecule has 0 spiro atoms. The van der Waals surface area contributed by atoms with E-state index in [1.807, 2.05) is 13.0 Å². The monoisotopic (exact) mass is 245 g/mol. The number of aromatic nitrogens is 1. The van der Waals surface area contributed by atoms with Crippen LogP contribution >= 0.6 is 0 Å². The van der Waals surface area contributed by atoms with Crippen LogP contribution in [-0.2, 0) is 0 Å². The quantitative estimate of drug-likeness (QED) is 0.880. The smallest absolute Gasteiger partial charge is 0.192 e. The van der Waals surface area contributed by atoms with Gasteiger partial charge in [0.1, 0.15) is 5.52 Å². The Hall–Kier alpha value is -1.39. The van der Waals surface area contributed by atoms with Crippen molar-refractivity contribution in [3.8, 4) is 0 Å². The highest BCUT2D eigenvalue weighted by molar-refractivity contribution is 5.77. The number of oxazole rings is 1. The van der Waals surface area contributed by atoms with Gasteiger partial charge in [-0.25, -0.2) is 4.98 Å². The molecule has 0 radical (unpaired) electrons. The number of nitrogens with two attached hydrogens (primary N) is 1. The molecule has 1 aromatic carbocycles. The van der Waals surface area contributed by atoms with Gasteiger partial charge in [0.05, 0.1) is 0 Å². The van der Waals surface area contributed by atoms with Crippen LogP contribution in [0.2, 0.25) is 0 Å². The molecule has 2 atom stereocenters. The van der Waals surface area contributed by atoms with Crippen LogP contribution in [0.3, 0.4) is 0 Å². The molecule has 0 amide bonds. The Morgan fingerprint density at radius 3 is 3.06 bits per heavy atom. The first-order chi connectivity index (χ1) is 8.69. The van der Waals surface area contributed by atoms with Crippen molar-refractivity contribution < 1.29 is 4.42 Å². The number of nitrogens with zero attached hydrogens (tertiary/aromatic N) is 2. The highest BCUT2D eigenvalue weighted by Gasteiger charge is 2.31. The molecule has 3 rings (SSSR count). The van der Waals surface area contributed by atoms with Gasteiger partial charge >= 0.3 is 0 Å². The minimum absolute atomic E-state index is 0.398. The van der Waals surface area contributed by atoms with Crippen LogP contribution in [0.1, 0.15) is 23.9 Å². The fourth-order valence-electron chi connectivity index (χ4n) is 2.98. The van der Waals surface area contributed by atoms with E-state index in [9.17, 15) is 0 Å². The number of para-hydroxylation sites is 1. The molecule has 1 aromatic heterocycles. The molecule has 4 heteroatoms. The van der Waals surface area contributed by atoms with Crippen LogP contribution in [0.25, 0.3) is 11.1 Å². The lowest BCUT2D eigenvalue weighted by atomic mass is 9.99. The number of hydrogen-bond acceptors (Lipinski definition) is 4. The van der Waals surface area contributed by atoms with Gasteiger partial charge in [0.2, 0.25) is 0 Å². The third-order valence-corrected chi connectivity index (χ3v) is 3.88. The zero-order valence-electron chi connectivity index (χ0n) is 10.9. The van der Waals surface area contributed by atoms with Crippen LogP contribution in [0.15, 0.2) is 22.6 Å². The van der Waals surface area contributed by atoms with Crippen molar-refractivity contribution in [2.24, 2.45) is 11.7 Å². The van der Waals surface area contributed by atoms with Crippen molar-refractivity contribution in [2.75, 3.05) is 20.1 Å². The van der Waals surface area contributed by atoms with E-state index in [4.69, 9.17) is 10.2 Å². The Balaban J connectivity index is 2.04. The maximum Gasteiger partial charge on any atom is 0.192 e. The van der Waals surface area contributed by atoms with E-state index in [1.165, 1.54) is 5.56 Å². The zero-order chi connectivity index (χ0) is 12.7. The summed E-state index contributed by atoms with van der Waals surface area (Å²) in [5.41, 5.74) is 8.92. The molecule has 1 aliphatic heterocycles. The third kappa shape index (κ3) is 1.82. The van der Waals surface area contributed by atoms with Crippen LogP contribution in [0, 0.1) is 12.8 Å². The minimum Gasteiger partial charge on any atom is -0.441 e. The fourth-order valence-corrected chi connectivity index (χ4v) is 2.98. The number of benzene rings is 1. The summed E-state index contributed by atoms with van der Waals surface area (Å²) in [4.78, 5) is 6.76. The minimum atomic E-state index is 0.398. The van der Waals surface area contributed by atoms with Gasteiger partial charge in [0.15, 0.2) is 11.5 Å². The van der Waals surface area contributed by atoms with E-state index in [-0.39, 0.29) is 0 Å². The molecule has 0 aliphatic carbocycles. The first kappa shape index (κ1) is 11.7. The van der Waals surface area contributed by atoms with Gasteiger partial charge in [0, 0.05) is 25.1 Å². The van der Waals surface area contributed by atoms with Crippen LogP contribution in [-0.4, -0.2) is 30.0 Å². The van der Waals surface area contributed by atoms with Gasteiger partial charge in [-0.15, -0.1) is 0 Å². The SMILES string of the molecule is Cc1nc2cccc(C3CC(CN)CN3C)c2o1. The second kappa shape index (κ2) is 4.37. The zero-order valence-corrected chi connectivity index (χ0v) is 10.9. The average molecular weight is 245 g/mol. The standard InChI is InChI=1S/C14H19N3O/c1-9-16-12-5-3-4-11(14(12)18-9)13-6-10(7-15)8-17(13)2/h3-5,10,13H,6-8,15H2,1-2H3. The normalized spacial score (nSPS) is 25.1. The fraction of sp³-hybridized carbons (Fsp3) is 0.500. The lowest BCUT2D eigenvalue weighted by Gasteiger charge is -2.19. The molecule has 18 heavy (non-hydrogen) atoms. The summed E-state index contributed by atoms with van der Waals surface area (Å²) in [5.74, 6) is 1.31. The Morgan fingerprint density at radius 2 is 2.33 bits per heavy atom. The van der Waals surface area contributed by atoms with Crippen LogP contribution in [0.5, 0.6) is 0 Å². The summed E-state index contributed by atoms with van der Waals surface area (Å²) < 4.78 is 5.76. The molecule has 2 N–H and O–H groups in total. The number of fused-ring (bicyclic) bond motifs is 1. The molecule has 1 saturated heterocycles. The predicted molar refractivity (Wildman–Crippen MR) is 71.3 cm³/mol. The van der Waals surface area contributed by atoms with Gasteiger partial charge in [-0.05, 0) is 32.0 Å². The third-order valence-electron chi connectivity index (χ3n) is 3.88. The molecule has 0 saturated carbocycles.